The Morgan fingerprint density at radius 3 is 2.43 bits per heavy atom. The molecular formula is C11H12F2O. The van der Waals surface area contributed by atoms with Gasteiger partial charge in [0, 0.05) is 5.56 Å². The van der Waals surface area contributed by atoms with E-state index >= 15 is 0 Å². The summed E-state index contributed by atoms with van der Waals surface area (Å²) in [5.74, 6) is -0.945. The maximum Gasteiger partial charge on any atom is 0.309 e. The quantitative estimate of drug-likeness (QED) is 0.670. The molecule has 0 aliphatic heterocycles. The molecule has 0 N–H and O–H groups in total. The van der Waals surface area contributed by atoms with E-state index in [-0.39, 0.29) is 12.2 Å². The van der Waals surface area contributed by atoms with Crippen molar-refractivity contribution in [3.63, 3.8) is 0 Å². The van der Waals surface area contributed by atoms with Crippen LogP contribution in [0.3, 0.4) is 0 Å². The van der Waals surface area contributed by atoms with Gasteiger partial charge in [-0.1, -0.05) is 37.3 Å². The molecular weight excluding hydrogens is 186 g/mol. The lowest BCUT2D eigenvalue weighted by atomic mass is 10.2. The van der Waals surface area contributed by atoms with Gasteiger partial charge in [-0.2, -0.15) is 8.78 Å². The van der Waals surface area contributed by atoms with Gasteiger partial charge >= 0.3 is 6.01 Å². The molecule has 0 saturated carbocycles. The van der Waals surface area contributed by atoms with Crippen molar-refractivity contribution in [1.82, 2.24) is 0 Å². The molecule has 0 aliphatic carbocycles. The van der Waals surface area contributed by atoms with Gasteiger partial charge in [0.25, 0.3) is 0 Å². The van der Waals surface area contributed by atoms with Gasteiger partial charge in [-0.25, -0.2) is 0 Å². The fraction of sp³-hybridized carbons (Fsp3) is 0.273. The summed E-state index contributed by atoms with van der Waals surface area (Å²) in [6, 6.07) is 6.86. The smallest absolute Gasteiger partial charge is 0.309 e. The standard InChI is InChI=1S/C11H12F2O/c1-2-8-14-11(13)10(12)9-6-4-3-5-7-9/h3-7H,2,8H2,1H3/b11-10+. The second-order valence-electron chi connectivity index (χ2n) is 2.80. The van der Waals surface area contributed by atoms with Crippen molar-refractivity contribution in [3.8, 4) is 0 Å². The number of hydrogen-bond donors (Lipinski definition) is 0. The molecule has 0 bridgehead atoms. The van der Waals surface area contributed by atoms with Crippen LogP contribution >= 0.6 is 0 Å². The third-order valence-electron chi connectivity index (χ3n) is 1.63. The highest BCUT2D eigenvalue weighted by Gasteiger charge is 2.08. The van der Waals surface area contributed by atoms with Gasteiger partial charge in [-0.05, 0) is 6.42 Å². The monoisotopic (exact) mass is 198 g/mol. The summed E-state index contributed by atoms with van der Waals surface area (Å²) in [7, 11) is 0. The summed E-state index contributed by atoms with van der Waals surface area (Å²) in [6.07, 6.45) is 0.648. The van der Waals surface area contributed by atoms with Crippen LogP contribution in [0.2, 0.25) is 0 Å². The van der Waals surface area contributed by atoms with Gasteiger partial charge in [-0.3, -0.25) is 0 Å². The largest absolute Gasteiger partial charge is 0.469 e. The van der Waals surface area contributed by atoms with Crippen LogP contribution in [-0.2, 0) is 4.74 Å². The van der Waals surface area contributed by atoms with Crippen molar-refractivity contribution < 1.29 is 13.5 Å². The van der Waals surface area contributed by atoms with Crippen LogP contribution in [0.25, 0.3) is 5.83 Å². The summed E-state index contributed by atoms with van der Waals surface area (Å²) in [5, 5.41) is 0. The van der Waals surface area contributed by atoms with Crippen LogP contribution in [0.4, 0.5) is 8.78 Å². The first-order valence-electron chi connectivity index (χ1n) is 4.49. The first-order valence-corrected chi connectivity index (χ1v) is 4.49. The second-order valence-corrected chi connectivity index (χ2v) is 2.80. The van der Waals surface area contributed by atoms with Crippen molar-refractivity contribution in [2.24, 2.45) is 0 Å². The number of halogens is 2. The minimum Gasteiger partial charge on any atom is -0.469 e. The van der Waals surface area contributed by atoms with E-state index in [4.69, 9.17) is 0 Å². The zero-order chi connectivity index (χ0) is 10.4. The summed E-state index contributed by atoms with van der Waals surface area (Å²) >= 11 is 0. The summed E-state index contributed by atoms with van der Waals surface area (Å²) in [6.45, 7) is 2.01. The Kier molecular flexibility index (Phi) is 4.11. The number of rotatable bonds is 4. The molecule has 76 valence electrons. The highest BCUT2D eigenvalue weighted by molar-refractivity contribution is 5.59. The van der Waals surface area contributed by atoms with E-state index in [0.717, 1.165) is 0 Å². The van der Waals surface area contributed by atoms with E-state index in [2.05, 4.69) is 4.74 Å². The Bertz CT molecular complexity index is 306. The van der Waals surface area contributed by atoms with Crippen molar-refractivity contribution >= 4 is 5.83 Å². The van der Waals surface area contributed by atoms with Crippen LogP contribution in [0.15, 0.2) is 36.3 Å². The third-order valence-corrected chi connectivity index (χ3v) is 1.63. The lowest BCUT2D eigenvalue weighted by molar-refractivity contribution is 0.144. The molecule has 0 amide bonds. The predicted molar refractivity (Wildman–Crippen MR) is 51.8 cm³/mol. The maximum absolute atomic E-state index is 13.2. The highest BCUT2D eigenvalue weighted by Crippen LogP contribution is 2.21. The van der Waals surface area contributed by atoms with E-state index in [1.165, 1.54) is 12.1 Å². The van der Waals surface area contributed by atoms with Crippen molar-refractivity contribution in [1.29, 1.82) is 0 Å². The first kappa shape index (κ1) is 10.7. The average molecular weight is 198 g/mol. The van der Waals surface area contributed by atoms with Crippen LogP contribution < -0.4 is 0 Å². The van der Waals surface area contributed by atoms with Crippen molar-refractivity contribution in [2.75, 3.05) is 6.61 Å². The minimum absolute atomic E-state index is 0.187. The van der Waals surface area contributed by atoms with Gasteiger partial charge in [0.15, 0.2) is 0 Å². The molecule has 0 fully saturated rings. The third kappa shape index (κ3) is 2.83. The zero-order valence-electron chi connectivity index (χ0n) is 7.97. The van der Waals surface area contributed by atoms with Gasteiger partial charge < -0.3 is 4.74 Å². The normalized spacial score (nSPS) is 12.2. The Hall–Kier alpha value is -1.38. The average Bonchev–Trinajstić information content (AvgIpc) is 2.26. The van der Waals surface area contributed by atoms with Crippen LogP contribution in [-0.4, -0.2) is 6.61 Å². The molecule has 0 unspecified atom stereocenters. The van der Waals surface area contributed by atoms with Crippen LogP contribution in [0.1, 0.15) is 18.9 Å². The molecule has 0 radical (unpaired) electrons. The molecule has 0 heterocycles. The molecule has 0 spiro atoms. The van der Waals surface area contributed by atoms with E-state index in [1.807, 2.05) is 6.92 Å². The molecule has 1 rings (SSSR count). The molecule has 0 aromatic heterocycles. The Morgan fingerprint density at radius 2 is 1.86 bits per heavy atom. The SMILES string of the molecule is CCCO/C(F)=C(/F)c1ccccc1. The molecule has 0 saturated heterocycles. The lowest BCUT2D eigenvalue weighted by Crippen LogP contribution is -1.91. The molecule has 3 heteroatoms. The summed E-state index contributed by atoms with van der Waals surface area (Å²) in [4.78, 5) is 0. The van der Waals surface area contributed by atoms with Gasteiger partial charge in [0.1, 0.15) is 0 Å². The van der Waals surface area contributed by atoms with Crippen LogP contribution in [0.5, 0.6) is 0 Å². The van der Waals surface area contributed by atoms with Gasteiger partial charge in [-0.15, -0.1) is 0 Å². The lowest BCUT2D eigenvalue weighted by Gasteiger charge is -2.02. The molecule has 1 aromatic rings. The number of hydrogen-bond acceptors (Lipinski definition) is 1. The predicted octanol–water partition coefficient (Wildman–Crippen LogP) is 3.68. The van der Waals surface area contributed by atoms with Gasteiger partial charge in [0.05, 0.1) is 6.61 Å². The Labute approximate surface area is 82.0 Å². The van der Waals surface area contributed by atoms with Crippen molar-refractivity contribution in [2.45, 2.75) is 13.3 Å². The molecule has 14 heavy (non-hydrogen) atoms. The zero-order valence-corrected chi connectivity index (χ0v) is 7.97. The van der Waals surface area contributed by atoms with Gasteiger partial charge in [0.2, 0.25) is 5.83 Å². The fourth-order valence-electron chi connectivity index (χ4n) is 0.953. The van der Waals surface area contributed by atoms with E-state index in [9.17, 15) is 8.78 Å². The highest BCUT2D eigenvalue weighted by atomic mass is 19.2. The van der Waals surface area contributed by atoms with E-state index in [1.54, 1.807) is 18.2 Å². The fourth-order valence-corrected chi connectivity index (χ4v) is 0.953. The second kappa shape index (κ2) is 5.37. The number of ether oxygens (including phenoxy) is 1. The van der Waals surface area contributed by atoms with Crippen LogP contribution in [0, 0.1) is 0 Å². The summed E-state index contributed by atoms with van der Waals surface area (Å²) in [5.41, 5.74) is 0.195. The van der Waals surface area contributed by atoms with E-state index in [0.29, 0.717) is 6.42 Å². The van der Waals surface area contributed by atoms with E-state index < -0.39 is 11.8 Å². The Morgan fingerprint density at radius 1 is 1.21 bits per heavy atom. The minimum atomic E-state index is -1.14. The molecule has 1 aromatic carbocycles. The molecule has 0 atom stereocenters. The number of benzene rings is 1. The maximum atomic E-state index is 13.2. The Balaban J connectivity index is 2.77. The first-order chi connectivity index (χ1) is 6.75. The molecule has 1 nitrogen and oxygen atoms in total. The molecule has 0 aliphatic rings. The topological polar surface area (TPSA) is 9.23 Å². The van der Waals surface area contributed by atoms with Crippen molar-refractivity contribution in [3.05, 3.63) is 41.9 Å². The summed E-state index contributed by atoms with van der Waals surface area (Å²) < 4.78 is 30.7.